The number of carbonyl (C=O) groups excluding carboxylic acids is 1. The second kappa shape index (κ2) is 9.68. The van der Waals surface area contributed by atoms with Crippen LogP contribution in [-0.4, -0.2) is 16.6 Å². The van der Waals surface area contributed by atoms with Crippen molar-refractivity contribution in [2.24, 2.45) is 5.92 Å². The number of aromatic nitrogens is 1. The molecule has 27 heavy (non-hydrogen) atoms. The third-order valence-electron chi connectivity index (χ3n) is 4.96. The van der Waals surface area contributed by atoms with Crippen LogP contribution in [0.5, 0.6) is 0 Å². The van der Waals surface area contributed by atoms with Crippen molar-refractivity contribution in [3.8, 4) is 0 Å². The van der Waals surface area contributed by atoms with E-state index in [1.165, 1.54) is 11.1 Å². The van der Waals surface area contributed by atoms with Crippen molar-refractivity contribution in [3.05, 3.63) is 66.0 Å². The summed E-state index contributed by atoms with van der Waals surface area (Å²) >= 11 is 0. The Morgan fingerprint density at radius 3 is 2.11 bits per heavy atom. The van der Waals surface area contributed by atoms with Crippen LogP contribution in [0.2, 0.25) is 0 Å². The number of nitrogens with zero attached hydrogens (tertiary/aromatic N) is 1. The topological polar surface area (TPSA) is 39.2 Å². The number of hydrogen-bond donors (Lipinski definition) is 0. The highest BCUT2D eigenvalue weighted by atomic mass is 16.6. The van der Waals surface area contributed by atoms with E-state index in [1.54, 1.807) is 0 Å². The van der Waals surface area contributed by atoms with Crippen LogP contribution in [0.25, 0.3) is 0 Å². The Hall–Kier alpha value is -2.16. The van der Waals surface area contributed by atoms with E-state index in [2.05, 4.69) is 54.4 Å². The maximum absolute atomic E-state index is 12.5. The zero-order chi connectivity index (χ0) is 19.9. The minimum absolute atomic E-state index is 0.116. The van der Waals surface area contributed by atoms with Gasteiger partial charge in [-0.25, -0.2) is 0 Å². The first-order valence-corrected chi connectivity index (χ1v) is 9.98. The van der Waals surface area contributed by atoms with Gasteiger partial charge in [-0.15, -0.1) is 0 Å². The summed E-state index contributed by atoms with van der Waals surface area (Å²) < 4.78 is 5.60. The van der Waals surface area contributed by atoms with Crippen molar-refractivity contribution in [1.82, 2.24) is 4.98 Å². The zero-order valence-electron chi connectivity index (χ0n) is 17.3. The number of esters is 1. The molecule has 0 amide bonds. The Bertz CT molecular complexity index is 691. The van der Waals surface area contributed by atoms with Gasteiger partial charge >= 0.3 is 5.97 Å². The van der Waals surface area contributed by atoms with Crippen molar-refractivity contribution in [1.29, 1.82) is 0 Å². The molecular weight excluding hydrogens is 334 g/mol. The Labute approximate surface area is 164 Å². The van der Waals surface area contributed by atoms with Crippen LogP contribution in [0.1, 0.15) is 76.8 Å². The van der Waals surface area contributed by atoms with Gasteiger partial charge in [0.05, 0.1) is 5.92 Å². The highest BCUT2D eigenvalue weighted by molar-refractivity contribution is 5.72. The summed E-state index contributed by atoms with van der Waals surface area (Å²) in [7, 11) is 0. The lowest BCUT2D eigenvalue weighted by molar-refractivity contribution is -0.159. The van der Waals surface area contributed by atoms with E-state index < -0.39 is 5.60 Å². The summed E-state index contributed by atoms with van der Waals surface area (Å²) in [5.74, 6) is 0.501. The van der Waals surface area contributed by atoms with Gasteiger partial charge in [0.15, 0.2) is 0 Å². The maximum atomic E-state index is 12.5. The van der Waals surface area contributed by atoms with Crippen molar-refractivity contribution >= 4 is 5.97 Å². The highest BCUT2D eigenvalue weighted by Gasteiger charge is 2.27. The molecule has 2 rings (SSSR count). The minimum atomic E-state index is -0.451. The predicted octanol–water partition coefficient (Wildman–Crippen LogP) is 6.12. The molecule has 0 aliphatic carbocycles. The minimum Gasteiger partial charge on any atom is -0.460 e. The van der Waals surface area contributed by atoms with Crippen LogP contribution >= 0.6 is 0 Å². The Morgan fingerprint density at radius 2 is 1.56 bits per heavy atom. The average molecular weight is 368 g/mol. The SMILES string of the molecule is CCC(CC(CC(C)C(=O)OC(C)(C)C)c1ccncc1)c1ccccc1. The molecule has 1 aromatic carbocycles. The van der Waals surface area contributed by atoms with E-state index in [0.717, 1.165) is 19.3 Å². The maximum Gasteiger partial charge on any atom is 0.309 e. The van der Waals surface area contributed by atoms with E-state index in [9.17, 15) is 4.79 Å². The van der Waals surface area contributed by atoms with Crippen molar-refractivity contribution < 1.29 is 9.53 Å². The molecule has 3 atom stereocenters. The molecule has 3 heteroatoms. The lowest BCUT2D eigenvalue weighted by Crippen LogP contribution is -2.28. The van der Waals surface area contributed by atoms with Gasteiger partial charge < -0.3 is 4.74 Å². The molecule has 0 bridgehead atoms. The smallest absolute Gasteiger partial charge is 0.309 e. The molecule has 3 nitrogen and oxygen atoms in total. The molecule has 1 heterocycles. The summed E-state index contributed by atoms with van der Waals surface area (Å²) in [6, 6.07) is 14.8. The molecule has 0 aliphatic heterocycles. The first-order valence-electron chi connectivity index (χ1n) is 9.98. The molecule has 2 aromatic rings. The lowest BCUT2D eigenvalue weighted by Gasteiger charge is -2.27. The molecule has 0 aliphatic rings. The first kappa shape index (κ1) is 21.1. The molecule has 0 N–H and O–H groups in total. The van der Waals surface area contributed by atoms with Crippen LogP contribution in [-0.2, 0) is 9.53 Å². The third kappa shape index (κ3) is 6.82. The van der Waals surface area contributed by atoms with Gasteiger partial charge in [-0.3, -0.25) is 9.78 Å². The standard InChI is InChI=1S/C24H33NO2/c1-6-19(20-10-8-7-9-11-20)17-22(21-12-14-25-15-13-21)16-18(2)23(26)27-24(3,4)5/h7-15,18-19,22H,6,16-17H2,1-5H3. The lowest BCUT2D eigenvalue weighted by atomic mass is 9.80. The van der Waals surface area contributed by atoms with Crippen LogP contribution in [0.3, 0.4) is 0 Å². The molecule has 0 radical (unpaired) electrons. The summed E-state index contributed by atoms with van der Waals surface area (Å²) in [6.45, 7) is 9.96. The van der Waals surface area contributed by atoms with Gasteiger partial charge in [0.25, 0.3) is 0 Å². The summed E-state index contributed by atoms with van der Waals surface area (Å²) in [5.41, 5.74) is 2.16. The van der Waals surface area contributed by atoms with E-state index in [4.69, 9.17) is 4.74 Å². The molecule has 3 unspecified atom stereocenters. The number of ether oxygens (including phenoxy) is 1. The van der Waals surface area contributed by atoms with Crippen LogP contribution in [0.15, 0.2) is 54.9 Å². The molecule has 0 saturated heterocycles. The van der Waals surface area contributed by atoms with E-state index in [0.29, 0.717) is 11.8 Å². The number of pyridine rings is 1. The van der Waals surface area contributed by atoms with Gasteiger partial charge in [-0.05, 0) is 75.1 Å². The van der Waals surface area contributed by atoms with Crippen molar-refractivity contribution in [3.63, 3.8) is 0 Å². The number of carbonyl (C=O) groups is 1. The largest absolute Gasteiger partial charge is 0.460 e. The summed E-state index contributed by atoms with van der Waals surface area (Å²) in [4.78, 5) is 16.7. The van der Waals surface area contributed by atoms with Crippen molar-refractivity contribution in [2.75, 3.05) is 0 Å². The number of benzene rings is 1. The van der Waals surface area contributed by atoms with Gasteiger partial charge in [0.1, 0.15) is 5.60 Å². The second-order valence-electron chi connectivity index (χ2n) is 8.40. The Morgan fingerprint density at radius 1 is 0.963 bits per heavy atom. The molecule has 146 valence electrons. The summed E-state index contributed by atoms with van der Waals surface area (Å²) in [6.07, 6.45) is 6.54. The average Bonchev–Trinajstić information content (AvgIpc) is 2.65. The van der Waals surface area contributed by atoms with E-state index >= 15 is 0 Å². The second-order valence-corrected chi connectivity index (χ2v) is 8.40. The van der Waals surface area contributed by atoms with Crippen LogP contribution in [0.4, 0.5) is 0 Å². The normalized spacial score (nSPS) is 15.0. The van der Waals surface area contributed by atoms with Crippen molar-refractivity contribution in [2.45, 2.75) is 71.3 Å². The summed E-state index contributed by atoms with van der Waals surface area (Å²) in [5, 5.41) is 0. The van der Waals surface area contributed by atoms with Gasteiger partial charge in [-0.1, -0.05) is 44.2 Å². The fourth-order valence-electron chi connectivity index (χ4n) is 3.54. The molecule has 1 aromatic heterocycles. The highest BCUT2D eigenvalue weighted by Crippen LogP contribution is 2.36. The Balaban J connectivity index is 2.18. The van der Waals surface area contributed by atoms with Gasteiger partial charge in [0, 0.05) is 12.4 Å². The van der Waals surface area contributed by atoms with Crippen LogP contribution in [0, 0.1) is 5.92 Å². The number of hydrogen-bond acceptors (Lipinski definition) is 3. The van der Waals surface area contributed by atoms with Crippen LogP contribution < -0.4 is 0 Å². The predicted molar refractivity (Wildman–Crippen MR) is 111 cm³/mol. The monoisotopic (exact) mass is 367 g/mol. The fourth-order valence-corrected chi connectivity index (χ4v) is 3.54. The molecular formula is C24H33NO2. The van der Waals surface area contributed by atoms with E-state index in [1.807, 2.05) is 40.1 Å². The molecule has 0 fully saturated rings. The van der Waals surface area contributed by atoms with Gasteiger partial charge in [0.2, 0.25) is 0 Å². The fraction of sp³-hybridized carbons (Fsp3) is 0.500. The first-order chi connectivity index (χ1) is 12.8. The molecule has 0 saturated carbocycles. The van der Waals surface area contributed by atoms with E-state index in [-0.39, 0.29) is 11.9 Å². The molecule has 0 spiro atoms. The Kier molecular flexibility index (Phi) is 7.58. The van der Waals surface area contributed by atoms with Gasteiger partial charge in [-0.2, -0.15) is 0 Å². The zero-order valence-corrected chi connectivity index (χ0v) is 17.3. The third-order valence-corrected chi connectivity index (χ3v) is 4.96. The quantitative estimate of drug-likeness (QED) is 0.528. The number of rotatable bonds is 8.